The highest BCUT2D eigenvalue weighted by molar-refractivity contribution is 8.23. The van der Waals surface area contributed by atoms with Crippen LogP contribution in [-0.4, -0.2) is 11.4 Å². The van der Waals surface area contributed by atoms with E-state index in [1.807, 2.05) is 24.3 Å². The monoisotopic (exact) mass is 226 g/mol. The van der Waals surface area contributed by atoms with Gasteiger partial charge in [0.1, 0.15) is 15.4 Å². The minimum atomic E-state index is 0.202. The summed E-state index contributed by atoms with van der Waals surface area (Å²) in [5, 5.41) is 0.202. The second-order valence-electron chi connectivity index (χ2n) is 2.83. The van der Waals surface area contributed by atoms with Crippen LogP contribution in [0.4, 0.5) is 0 Å². The Hall–Kier alpha value is -0.780. The van der Waals surface area contributed by atoms with Gasteiger partial charge in [0.15, 0.2) is 0 Å². The summed E-state index contributed by atoms with van der Waals surface area (Å²) >= 11 is 6.61. The molecule has 1 aromatic rings. The molecule has 5 heteroatoms. The Morgan fingerprint density at radius 3 is 2.57 bits per heavy atom. The van der Waals surface area contributed by atoms with Crippen LogP contribution >= 0.6 is 24.0 Å². The Morgan fingerprint density at radius 2 is 2.07 bits per heavy atom. The van der Waals surface area contributed by atoms with Crippen molar-refractivity contribution in [2.24, 2.45) is 0 Å². The fourth-order valence-electron chi connectivity index (χ4n) is 1.22. The Bertz CT molecular complexity index is 339. The third-order valence-corrected chi connectivity index (χ3v) is 3.28. The molecule has 1 aliphatic rings. The van der Waals surface area contributed by atoms with Gasteiger partial charge in [0.05, 0.1) is 7.11 Å². The van der Waals surface area contributed by atoms with Crippen LogP contribution in [0.3, 0.4) is 0 Å². The third-order valence-electron chi connectivity index (χ3n) is 1.95. The number of thiocarbonyl (C=S) groups is 1. The summed E-state index contributed by atoms with van der Waals surface area (Å²) in [5.74, 6) is 0.868. The summed E-state index contributed by atoms with van der Waals surface area (Å²) in [4.78, 5) is 0. The lowest BCUT2D eigenvalue weighted by atomic mass is 10.2. The Morgan fingerprint density at radius 1 is 1.36 bits per heavy atom. The van der Waals surface area contributed by atoms with Gasteiger partial charge >= 0.3 is 0 Å². The van der Waals surface area contributed by atoms with Gasteiger partial charge in [-0.15, -0.1) is 0 Å². The number of rotatable bonds is 2. The Labute approximate surface area is 92.2 Å². The van der Waals surface area contributed by atoms with Crippen LogP contribution in [0.1, 0.15) is 10.9 Å². The number of thioether (sulfide) groups is 1. The smallest absolute Gasteiger partial charge is 0.149 e. The summed E-state index contributed by atoms with van der Waals surface area (Å²) in [6.07, 6.45) is 0. The molecule has 3 nitrogen and oxygen atoms in total. The lowest BCUT2D eigenvalue weighted by Gasteiger charge is -2.08. The molecule has 0 amide bonds. The van der Waals surface area contributed by atoms with Crippen molar-refractivity contribution in [2.75, 3.05) is 7.11 Å². The SMILES string of the molecule is COc1ccc([C@H]2NNC(=S)S2)cc1. The van der Waals surface area contributed by atoms with E-state index in [2.05, 4.69) is 10.9 Å². The maximum absolute atomic E-state index is 5.08. The van der Waals surface area contributed by atoms with E-state index < -0.39 is 0 Å². The largest absolute Gasteiger partial charge is 0.497 e. The van der Waals surface area contributed by atoms with Crippen LogP contribution in [0, 0.1) is 0 Å². The third kappa shape index (κ3) is 2.00. The normalized spacial score (nSPS) is 20.6. The van der Waals surface area contributed by atoms with Crippen LogP contribution in [0.5, 0.6) is 5.75 Å². The second kappa shape index (κ2) is 4.16. The van der Waals surface area contributed by atoms with Crippen molar-refractivity contribution < 1.29 is 4.74 Å². The summed E-state index contributed by atoms with van der Waals surface area (Å²) in [5.41, 5.74) is 7.18. The minimum absolute atomic E-state index is 0.202. The van der Waals surface area contributed by atoms with E-state index >= 15 is 0 Å². The number of ether oxygens (including phenoxy) is 1. The van der Waals surface area contributed by atoms with Crippen molar-refractivity contribution in [3.63, 3.8) is 0 Å². The number of hydrogen-bond donors (Lipinski definition) is 2. The molecule has 0 aromatic heterocycles. The molecule has 14 heavy (non-hydrogen) atoms. The lowest BCUT2D eigenvalue weighted by Crippen LogP contribution is -2.26. The molecule has 1 fully saturated rings. The molecule has 1 aromatic carbocycles. The van der Waals surface area contributed by atoms with Gasteiger partial charge in [-0.3, -0.25) is 0 Å². The molecule has 2 N–H and O–H groups in total. The molecule has 1 heterocycles. The van der Waals surface area contributed by atoms with Crippen LogP contribution in [0.15, 0.2) is 24.3 Å². The maximum atomic E-state index is 5.08. The molecule has 0 radical (unpaired) electrons. The fraction of sp³-hybridized carbons (Fsp3) is 0.222. The first kappa shape index (κ1) is 9.76. The van der Waals surface area contributed by atoms with E-state index in [9.17, 15) is 0 Å². The molecule has 1 saturated heterocycles. The zero-order chi connectivity index (χ0) is 9.97. The summed E-state index contributed by atoms with van der Waals surface area (Å²) in [6.45, 7) is 0. The zero-order valence-electron chi connectivity index (χ0n) is 7.61. The molecule has 1 atom stereocenters. The molecule has 74 valence electrons. The molecular formula is C9H10N2OS2. The van der Waals surface area contributed by atoms with Crippen LogP contribution in [-0.2, 0) is 0 Å². The molecule has 0 aliphatic carbocycles. The first-order valence-electron chi connectivity index (χ1n) is 4.16. The van der Waals surface area contributed by atoms with E-state index in [0.29, 0.717) is 0 Å². The molecule has 1 aliphatic heterocycles. The first-order valence-corrected chi connectivity index (χ1v) is 5.44. The van der Waals surface area contributed by atoms with E-state index in [-0.39, 0.29) is 5.37 Å². The van der Waals surface area contributed by atoms with Crippen molar-refractivity contribution in [3.8, 4) is 5.75 Å². The van der Waals surface area contributed by atoms with Crippen LogP contribution < -0.4 is 15.6 Å². The zero-order valence-corrected chi connectivity index (χ0v) is 9.24. The van der Waals surface area contributed by atoms with Gasteiger partial charge in [-0.1, -0.05) is 36.1 Å². The highest BCUT2D eigenvalue weighted by Gasteiger charge is 2.20. The maximum Gasteiger partial charge on any atom is 0.149 e. The van der Waals surface area contributed by atoms with E-state index in [0.717, 1.165) is 10.1 Å². The molecule has 0 saturated carbocycles. The van der Waals surface area contributed by atoms with Gasteiger partial charge < -0.3 is 10.2 Å². The van der Waals surface area contributed by atoms with Crippen molar-refractivity contribution in [1.82, 2.24) is 10.9 Å². The minimum Gasteiger partial charge on any atom is -0.497 e. The van der Waals surface area contributed by atoms with E-state index in [1.54, 1.807) is 18.9 Å². The topological polar surface area (TPSA) is 33.3 Å². The van der Waals surface area contributed by atoms with E-state index in [1.165, 1.54) is 5.56 Å². The van der Waals surface area contributed by atoms with Gasteiger partial charge in [0.25, 0.3) is 0 Å². The summed E-state index contributed by atoms with van der Waals surface area (Å²) in [6, 6.07) is 7.94. The predicted octanol–water partition coefficient (Wildman–Crippen LogP) is 1.82. The fourth-order valence-corrected chi connectivity index (χ4v) is 2.31. The highest BCUT2D eigenvalue weighted by atomic mass is 32.2. The Balaban J connectivity index is 2.13. The molecule has 0 unspecified atom stereocenters. The van der Waals surface area contributed by atoms with Gasteiger partial charge in [0, 0.05) is 0 Å². The highest BCUT2D eigenvalue weighted by Crippen LogP contribution is 2.30. The number of nitrogens with one attached hydrogen (secondary N) is 2. The quantitative estimate of drug-likeness (QED) is 0.752. The lowest BCUT2D eigenvalue weighted by molar-refractivity contribution is 0.414. The number of benzene rings is 1. The summed E-state index contributed by atoms with van der Waals surface area (Å²) in [7, 11) is 1.66. The molecular weight excluding hydrogens is 216 g/mol. The van der Waals surface area contributed by atoms with Gasteiger partial charge in [-0.2, -0.15) is 0 Å². The predicted molar refractivity (Wildman–Crippen MR) is 62.2 cm³/mol. The molecule has 2 rings (SSSR count). The number of hydrogen-bond acceptors (Lipinski definition) is 4. The standard InChI is InChI=1S/C9H10N2OS2/c1-12-7-4-2-6(3-5-7)8-10-11-9(13)14-8/h2-5,8,10H,1H3,(H,11,13)/t8-/m0/s1. The average Bonchev–Trinajstić information content (AvgIpc) is 2.65. The Kier molecular flexibility index (Phi) is 2.90. The molecule has 0 bridgehead atoms. The van der Waals surface area contributed by atoms with Crippen molar-refractivity contribution in [1.29, 1.82) is 0 Å². The van der Waals surface area contributed by atoms with Crippen molar-refractivity contribution in [2.45, 2.75) is 5.37 Å². The first-order chi connectivity index (χ1) is 6.79. The second-order valence-corrected chi connectivity index (χ2v) is 4.61. The molecule has 0 spiro atoms. The summed E-state index contributed by atoms with van der Waals surface area (Å²) < 4.78 is 5.87. The van der Waals surface area contributed by atoms with Crippen LogP contribution in [0.25, 0.3) is 0 Å². The van der Waals surface area contributed by atoms with Gasteiger partial charge in [-0.05, 0) is 17.7 Å². The van der Waals surface area contributed by atoms with Crippen LogP contribution in [0.2, 0.25) is 0 Å². The van der Waals surface area contributed by atoms with Crippen molar-refractivity contribution in [3.05, 3.63) is 29.8 Å². The van der Waals surface area contributed by atoms with Crippen molar-refractivity contribution >= 4 is 28.3 Å². The number of hydrazine groups is 1. The average molecular weight is 226 g/mol. The van der Waals surface area contributed by atoms with E-state index in [4.69, 9.17) is 17.0 Å². The number of methoxy groups -OCH3 is 1. The van der Waals surface area contributed by atoms with Gasteiger partial charge in [-0.25, -0.2) is 5.43 Å². The van der Waals surface area contributed by atoms with Gasteiger partial charge in [0.2, 0.25) is 0 Å².